The number of nitrogens with zero attached hydrogens (tertiary/aromatic N) is 2. The first-order valence-electron chi connectivity index (χ1n) is 8.82. The summed E-state index contributed by atoms with van der Waals surface area (Å²) in [5.74, 6) is 0.690. The Labute approximate surface area is 150 Å². The maximum absolute atomic E-state index is 13.0. The minimum absolute atomic E-state index is 0.0514. The third-order valence-corrected chi connectivity index (χ3v) is 4.93. The predicted octanol–water partition coefficient (Wildman–Crippen LogP) is 3.43. The third-order valence-electron chi connectivity index (χ3n) is 4.93. The summed E-state index contributed by atoms with van der Waals surface area (Å²) in [6.45, 7) is 6.77. The summed E-state index contributed by atoms with van der Waals surface area (Å²) in [5, 5.41) is 0. The van der Waals surface area contributed by atoms with Crippen molar-refractivity contribution in [2.75, 3.05) is 20.2 Å². The molecule has 0 spiro atoms. The van der Waals surface area contributed by atoms with Crippen LogP contribution >= 0.6 is 0 Å². The van der Waals surface area contributed by atoms with Crippen molar-refractivity contribution in [1.29, 1.82) is 0 Å². The van der Waals surface area contributed by atoms with Gasteiger partial charge in [0.15, 0.2) is 0 Å². The predicted molar refractivity (Wildman–Crippen MR) is 99.8 cm³/mol. The molecule has 0 bridgehead atoms. The number of benzene rings is 2. The highest BCUT2D eigenvalue weighted by Crippen LogP contribution is 2.24. The number of amides is 1. The largest absolute Gasteiger partial charge is 0.496 e. The molecule has 2 atom stereocenters. The Bertz CT molecular complexity index is 705. The van der Waals surface area contributed by atoms with Crippen molar-refractivity contribution in [3.63, 3.8) is 0 Å². The number of piperazine rings is 1. The molecule has 1 amide bonds. The van der Waals surface area contributed by atoms with Crippen LogP contribution in [0.3, 0.4) is 0 Å². The zero-order chi connectivity index (χ0) is 17.8. The summed E-state index contributed by atoms with van der Waals surface area (Å²) in [6, 6.07) is 18.6. The number of carbonyl (C=O) groups excluding carboxylic acids is 1. The van der Waals surface area contributed by atoms with Gasteiger partial charge in [0.05, 0.1) is 12.7 Å². The molecule has 1 heterocycles. The minimum Gasteiger partial charge on any atom is -0.496 e. The van der Waals surface area contributed by atoms with Crippen LogP contribution in [0.25, 0.3) is 0 Å². The summed E-state index contributed by atoms with van der Waals surface area (Å²) < 4.78 is 5.35. The van der Waals surface area contributed by atoms with E-state index in [0.29, 0.717) is 23.4 Å². The van der Waals surface area contributed by atoms with E-state index in [4.69, 9.17) is 4.74 Å². The maximum atomic E-state index is 13.0. The highest BCUT2D eigenvalue weighted by Gasteiger charge is 2.32. The average Bonchev–Trinajstić information content (AvgIpc) is 2.64. The van der Waals surface area contributed by atoms with Crippen LogP contribution < -0.4 is 4.74 Å². The van der Waals surface area contributed by atoms with Crippen molar-refractivity contribution in [2.24, 2.45) is 0 Å². The molecule has 4 heteroatoms. The Morgan fingerprint density at radius 3 is 2.24 bits per heavy atom. The number of para-hydroxylation sites is 1. The molecule has 1 aliphatic heterocycles. The number of carbonyl (C=O) groups is 1. The second kappa shape index (κ2) is 7.70. The van der Waals surface area contributed by atoms with E-state index in [1.807, 2.05) is 35.2 Å². The molecular formula is C21H26N2O2. The molecule has 0 saturated carbocycles. The summed E-state index contributed by atoms with van der Waals surface area (Å²) in [4.78, 5) is 17.4. The van der Waals surface area contributed by atoms with E-state index in [1.165, 1.54) is 5.56 Å². The zero-order valence-corrected chi connectivity index (χ0v) is 15.2. The van der Waals surface area contributed by atoms with Gasteiger partial charge >= 0.3 is 0 Å². The van der Waals surface area contributed by atoms with Crippen LogP contribution in [-0.2, 0) is 6.54 Å². The van der Waals surface area contributed by atoms with Gasteiger partial charge in [-0.1, -0.05) is 42.5 Å². The lowest BCUT2D eigenvalue weighted by Crippen LogP contribution is -2.57. The molecule has 3 rings (SSSR count). The van der Waals surface area contributed by atoms with Gasteiger partial charge in [-0.15, -0.1) is 0 Å². The molecule has 2 aromatic rings. The molecule has 4 nitrogen and oxygen atoms in total. The van der Waals surface area contributed by atoms with E-state index in [0.717, 1.165) is 19.6 Å². The Hall–Kier alpha value is -2.33. The van der Waals surface area contributed by atoms with Gasteiger partial charge in [-0.25, -0.2) is 0 Å². The fourth-order valence-electron chi connectivity index (χ4n) is 3.62. The average molecular weight is 338 g/mol. The van der Waals surface area contributed by atoms with Gasteiger partial charge in [-0.3, -0.25) is 9.69 Å². The van der Waals surface area contributed by atoms with Crippen molar-refractivity contribution in [2.45, 2.75) is 32.5 Å². The molecule has 0 aliphatic carbocycles. The number of hydrogen-bond acceptors (Lipinski definition) is 3. The van der Waals surface area contributed by atoms with Crippen LogP contribution in [0.15, 0.2) is 54.6 Å². The van der Waals surface area contributed by atoms with Crippen molar-refractivity contribution in [1.82, 2.24) is 9.80 Å². The topological polar surface area (TPSA) is 32.8 Å². The van der Waals surface area contributed by atoms with Crippen molar-refractivity contribution >= 4 is 5.91 Å². The summed E-state index contributed by atoms with van der Waals surface area (Å²) in [5.41, 5.74) is 1.95. The molecule has 1 aliphatic rings. The van der Waals surface area contributed by atoms with E-state index in [2.05, 4.69) is 43.0 Å². The smallest absolute Gasteiger partial charge is 0.257 e. The van der Waals surface area contributed by atoms with Gasteiger partial charge in [-0.2, -0.15) is 0 Å². The molecule has 25 heavy (non-hydrogen) atoms. The fourth-order valence-corrected chi connectivity index (χ4v) is 3.62. The van der Waals surface area contributed by atoms with Crippen molar-refractivity contribution < 1.29 is 9.53 Å². The first-order valence-corrected chi connectivity index (χ1v) is 8.82. The lowest BCUT2D eigenvalue weighted by atomic mass is 10.0. The number of rotatable bonds is 4. The van der Waals surface area contributed by atoms with E-state index < -0.39 is 0 Å². The highest BCUT2D eigenvalue weighted by atomic mass is 16.5. The van der Waals surface area contributed by atoms with Gasteiger partial charge in [0.25, 0.3) is 5.91 Å². The van der Waals surface area contributed by atoms with Gasteiger partial charge < -0.3 is 9.64 Å². The number of ether oxygens (including phenoxy) is 1. The van der Waals surface area contributed by atoms with Crippen LogP contribution in [0.1, 0.15) is 29.8 Å². The molecule has 0 aromatic heterocycles. The molecule has 2 aromatic carbocycles. The number of methoxy groups -OCH3 is 1. The zero-order valence-electron chi connectivity index (χ0n) is 15.2. The van der Waals surface area contributed by atoms with Crippen molar-refractivity contribution in [3.05, 3.63) is 65.7 Å². The molecule has 1 saturated heterocycles. The molecule has 0 radical (unpaired) electrons. The molecule has 132 valence electrons. The number of hydrogen-bond donors (Lipinski definition) is 0. The second-order valence-electron chi connectivity index (χ2n) is 6.77. The molecule has 2 unspecified atom stereocenters. The summed E-state index contributed by atoms with van der Waals surface area (Å²) in [6.07, 6.45) is 0. The Balaban J connectivity index is 1.72. The Kier molecular flexibility index (Phi) is 5.39. The van der Waals surface area contributed by atoms with Crippen LogP contribution in [0.4, 0.5) is 0 Å². The van der Waals surface area contributed by atoms with Crippen LogP contribution in [0.2, 0.25) is 0 Å². The van der Waals surface area contributed by atoms with Gasteiger partial charge in [0.2, 0.25) is 0 Å². The van der Waals surface area contributed by atoms with E-state index in [1.54, 1.807) is 7.11 Å². The lowest BCUT2D eigenvalue weighted by molar-refractivity contribution is 0.0268. The van der Waals surface area contributed by atoms with Crippen LogP contribution in [0.5, 0.6) is 5.75 Å². The van der Waals surface area contributed by atoms with Gasteiger partial charge in [-0.05, 0) is 31.5 Å². The standard InChI is InChI=1S/C21H26N2O2/c1-16-13-22(21(24)19-11-7-8-12-20(19)25-3)14-17(2)23(16)15-18-9-5-4-6-10-18/h4-12,16-17H,13-15H2,1-3H3. The van der Waals surface area contributed by atoms with E-state index in [9.17, 15) is 4.79 Å². The van der Waals surface area contributed by atoms with Crippen LogP contribution in [0, 0.1) is 0 Å². The first kappa shape index (κ1) is 17.5. The van der Waals surface area contributed by atoms with Gasteiger partial charge in [0, 0.05) is 31.7 Å². The fraction of sp³-hybridized carbons (Fsp3) is 0.381. The van der Waals surface area contributed by atoms with Crippen molar-refractivity contribution in [3.8, 4) is 5.75 Å². The SMILES string of the molecule is COc1ccccc1C(=O)N1CC(C)N(Cc2ccccc2)C(C)C1. The molecular weight excluding hydrogens is 312 g/mol. The molecule has 0 N–H and O–H groups in total. The summed E-state index contributed by atoms with van der Waals surface area (Å²) >= 11 is 0. The second-order valence-corrected chi connectivity index (χ2v) is 6.77. The first-order chi connectivity index (χ1) is 12.1. The van der Waals surface area contributed by atoms with Gasteiger partial charge in [0.1, 0.15) is 5.75 Å². The Morgan fingerprint density at radius 2 is 1.60 bits per heavy atom. The highest BCUT2D eigenvalue weighted by molar-refractivity contribution is 5.97. The minimum atomic E-state index is 0.0514. The maximum Gasteiger partial charge on any atom is 0.257 e. The Morgan fingerprint density at radius 1 is 1.00 bits per heavy atom. The monoisotopic (exact) mass is 338 g/mol. The quantitative estimate of drug-likeness (QED) is 0.856. The van der Waals surface area contributed by atoms with E-state index in [-0.39, 0.29) is 5.91 Å². The molecule has 1 fully saturated rings. The third kappa shape index (κ3) is 3.85. The lowest BCUT2D eigenvalue weighted by Gasteiger charge is -2.44. The van der Waals surface area contributed by atoms with Crippen LogP contribution in [-0.4, -0.2) is 48.0 Å². The normalized spacial score (nSPS) is 21.2. The summed E-state index contributed by atoms with van der Waals surface area (Å²) in [7, 11) is 1.61. The van der Waals surface area contributed by atoms with E-state index >= 15 is 0 Å².